The molecule has 89 heavy (non-hydrogen) atoms. The van der Waals surface area contributed by atoms with Crippen LogP contribution in [-0.4, -0.2) is 96.7 Å². The van der Waals surface area contributed by atoms with Gasteiger partial charge in [-0.1, -0.05) is 299 Å². The van der Waals surface area contributed by atoms with Crippen molar-refractivity contribution in [1.82, 2.24) is 0 Å². The predicted molar refractivity (Wildman–Crippen MR) is 358 cm³/mol. The molecule has 0 bridgehead atoms. The van der Waals surface area contributed by atoms with Crippen LogP contribution in [0.4, 0.5) is 0 Å². The Morgan fingerprint density at radius 1 is 0.326 bits per heavy atom. The van der Waals surface area contributed by atoms with E-state index in [1.165, 1.54) is 148 Å². The van der Waals surface area contributed by atoms with E-state index in [-0.39, 0.29) is 25.7 Å². The third-order valence-electron chi connectivity index (χ3n) is 16.9. The standard InChI is InChI=1S/C70H136O17P2/c1-8-11-12-13-27-37-44-51-67(72)80-57-65(87-70(75)54-47-40-33-26-25-30-36-43-50-63(7)10-3)59-84-88(76,77)82-55-64(71)56-83-89(78,79)85-60-66(58-81-68(73)52-45-38-31-24-20-21-28-34-41-48-61(4)5)86-69(74)53-46-39-32-23-19-17-15-14-16-18-22-29-35-42-49-62(6)9-2/h61-66,71H,8-60H2,1-7H3,(H,76,77)(H,78,79)/t62?,63?,64-,65+,66+/m0/s1. The Balaban J connectivity index is 5.20. The van der Waals surface area contributed by atoms with Crippen LogP contribution in [0.2, 0.25) is 0 Å². The zero-order chi connectivity index (χ0) is 65.9. The van der Waals surface area contributed by atoms with Crippen molar-refractivity contribution in [3.05, 3.63) is 0 Å². The second-order valence-corrected chi connectivity index (χ2v) is 29.1. The SMILES string of the molecule is CCCCCCCCCC(=O)OC[C@H](COP(=O)(O)OC[C@H](O)COP(=O)(O)OC[C@@H](COC(=O)CCCCCCCCCCCC(C)C)OC(=O)CCCCCCCCCCCCCCCCC(C)CC)OC(=O)CCCCCCCCCCC(C)CC. The zero-order valence-electron chi connectivity index (χ0n) is 57.9. The maximum absolute atomic E-state index is 13.0. The second kappa shape index (κ2) is 61.0. The van der Waals surface area contributed by atoms with Crippen LogP contribution in [0, 0.1) is 17.8 Å². The lowest BCUT2D eigenvalue weighted by atomic mass is 9.99. The van der Waals surface area contributed by atoms with E-state index in [4.69, 9.17) is 37.0 Å². The number of aliphatic hydroxyl groups excluding tert-OH is 1. The molecule has 17 nitrogen and oxygen atoms in total. The minimum Gasteiger partial charge on any atom is -0.462 e. The Kier molecular flexibility index (Phi) is 59.6. The Hall–Kier alpha value is -1.94. The average Bonchev–Trinajstić information content (AvgIpc) is 3.53. The molecule has 3 N–H and O–H groups in total. The van der Waals surface area contributed by atoms with Gasteiger partial charge in [0.15, 0.2) is 12.2 Å². The molecule has 0 rings (SSSR count). The fraction of sp³-hybridized carbons (Fsp3) is 0.943. The van der Waals surface area contributed by atoms with E-state index in [1.807, 2.05) is 0 Å². The summed E-state index contributed by atoms with van der Waals surface area (Å²) in [5.74, 6) is 0.228. The average molecular weight is 1310 g/mol. The van der Waals surface area contributed by atoms with Gasteiger partial charge in [0.05, 0.1) is 26.4 Å². The van der Waals surface area contributed by atoms with Crippen LogP contribution in [0.15, 0.2) is 0 Å². The smallest absolute Gasteiger partial charge is 0.462 e. The van der Waals surface area contributed by atoms with E-state index in [2.05, 4.69) is 48.5 Å². The fourth-order valence-corrected chi connectivity index (χ4v) is 12.1. The molecular weight excluding hydrogens is 1170 g/mol. The molecule has 0 aromatic rings. The molecule has 0 saturated heterocycles. The van der Waals surface area contributed by atoms with Crippen molar-refractivity contribution < 1.29 is 80.2 Å². The van der Waals surface area contributed by atoms with E-state index in [0.29, 0.717) is 25.7 Å². The van der Waals surface area contributed by atoms with Gasteiger partial charge in [0, 0.05) is 25.7 Å². The van der Waals surface area contributed by atoms with E-state index in [0.717, 1.165) is 120 Å². The third-order valence-corrected chi connectivity index (χ3v) is 18.8. The Morgan fingerprint density at radius 3 is 0.854 bits per heavy atom. The van der Waals surface area contributed by atoms with Crippen molar-refractivity contribution >= 4 is 39.5 Å². The molecule has 0 saturated carbocycles. The summed E-state index contributed by atoms with van der Waals surface area (Å²) in [6, 6.07) is 0. The van der Waals surface area contributed by atoms with E-state index < -0.39 is 97.5 Å². The molecule has 0 radical (unpaired) electrons. The van der Waals surface area contributed by atoms with Gasteiger partial charge in [-0.05, 0) is 43.4 Å². The molecule has 0 heterocycles. The van der Waals surface area contributed by atoms with Gasteiger partial charge in [-0.25, -0.2) is 9.13 Å². The van der Waals surface area contributed by atoms with Crippen LogP contribution < -0.4 is 0 Å². The number of rotatable bonds is 68. The number of hydrogen-bond donors (Lipinski definition) is 3. The first kappa shape index (κ1) is 87.1. The summed E-state index contributed by atoms with van der Waals surface area (Å²) in [5, 5.41) is 10.6. The molecule has 7 atom stereocenters. The third kappa shape index (κ3) is 62.0. The molecule has 4 unspecified atom stereocenters. The van der Waals surface area contributed by atoms with Gasteiger partial charge in [0.25, 0.3) is 0 Å². The topological polar surface area (TPSA) is 237 Å². The Morgan fingerprint density at radius 2 is 0.573 bits per heavy atom. The molecular formula is C70H136O17P2. The number of aliphatic hydroxyl groups is 1. The summed E-state index contributed by atoms with van der Waals surface area (Å²) in [7, 11) is -9.90. The van der Waals surface area contributed by atoms with E-state index in [9.17, 15) is 43.2 Å². The lowest BCUT2D eigenvalue weighted by Gasteiger charge is -2.21. The molecule has 19 heteroatoms. The molecule has 0 aromatic carbocycles. The number of carbonyl (C=O) groups excluding carboxylic acids is 4. The number of hydrogen-bond acceptors (Lipinski definition) is 15. The number of ether oxygens (including phenoxy) is 4. The van der Waals surface area contributed by atoms with Crippen molar-refractivity contribution in [1.29, 1.82) is 0 Å². The molecule has 0 aliphatic heterocycles. The fourth-order valence-electron chi connectivity index (χ4n) is 10.5. The van der Waals surface area contributed by atoms with Crippen molar-refractivity contribution in [2.45, 2.75) is 369 Å². The normalized spacial score (nSPS) is 14.8. The predicted octanol–water partition coefficient (Wildman–Crippen LogP) is 19.8. The summed E-state index contributed by atoms with van der Waals surface area (Å²) in [6.07, 6.45) is 44.5. The van der Waals surface area contributed by atoms with Crippen molar-refractivity contribution in [3.8, 4) is 0 Å². The van der Waals surface area contributed by atoms with Gasteiger partial charge in [0.1, 0.15) is 19.3 Å². The van der Waals surface area contributed by atoms with Crippen molar-refractivity contribution in [2.75, 3.05) is 39.6 Å². The molecule has 0 spiro atoms. The van der Waals surface area contributed by atoms with Gasteiger partial charge in [-0.3, -0.25) is 37.3 Å². The zero-order valence-corrected chi connectivity index (χ0v) is 59.7. The first-order valence-electron chi connectivity index (χ1n) is 36.4. The van der Waals surface area contributed by atoms with E-state index >= 15 is 0 Å². The number of phosphoric ester groups is 2. The highest BCUT2D eigenvalue weighted by Gasteiger charge is 2.30. The van der Waals surface area contributed by atoms with Crippen LogP contribution in [0.3, 0.4) is 0 Å². The Labute approximate surface area is 543 Å². The number of carbonyl (C=O) groups is 4. The van der Waals surface area contributed by atoms with Crippen LogP contribution in [0.5, 0.6) is 0 Å². The number of phosphoric acid groups is 2. The first-order chi connectivity index (χ1) is 42.8. The molecule has 528 valence electrons. The quantitative estimate of drug-likeness (QED) is 0.0222. The van der Waals surface area contributed by atoms with Crippen LogP contribution >= 0.6 is 15.6 Å². The minimum atomic E-state index is -4.95. The largest absolute Gasteiger partial charge is 0.472 e. The van der Waals surface area contributed by atoms with Gasteiger partial charge >= 0.3 is 39.5 Å². The first-order valence-corrected chi connectivity index (χ1v) is 39.4. The Bertz CT molecular complexity index is 1750. The summed E-state index contributed by atoms with van der Waals surface area (Å²) in [6.45, 7) is 11.8. The molecule has 0 aliphatic rings. The highest BCUT2D eigenvalue weighted by molar-refractivity contribution is 7.47. The monoisotopic (exact) mass is 1310 g/mol. The molecule has 0 aliphatic carbocycles. The van der Waals surface area contributed by atoms with Crippen molar-refractivity contribution in [2.24, 2.45) is 17.8 Å². The minimum absolute atomic E-state index is 0.104. The second-order valence-electron chi connectivity index (χ2n) is 26.2. The van der Waals surface area contributed by atoms with Crippen molar-refractivity contribution in [3.63, 3.8) is 0 Å². The lowest BCUT2D eigenvalue weighted by Crippen LogP contribution is -2.30. The summed E-state index contributed by atoms with van der Waals surface area (Å²) < 4.78 is 68.2. The van der Waals surface area contributed by atoms with Crippen LogP contribution in [0.25, 0.3) is 0 Å². The van der Waals surface area contributed by atoms with Gasteiger partial charge in [-0.2, -0.15) is 0 Å². The molecule has 0 fully saturated rings. The highest BCUT2D eigenvalue weighted by atomic mass is 31.2. The maximum atomic E-state index is 13.0. The van der Waals surface area contributed by atoms with Gasteiger partial charge in [-0.15, -0.1) is 0 Å². The number of esters is 4. The summed E-state index contributed by atoms with van der Waals surface area (Å²) in [4.78, 5) is 72.4. The number of unbranched alkanes of at least 4 members (excludes halogenated alkanes) is 34. The maximum Gasteiger partial charge on any atom is 0.472 e. The summed E-state index contributed by atoms with van der Waals surface area (Å²) >= 11 is 0. The highest BCUT2D eigenvalue weighted by Crippen LogP contribution is 2.45. The lowest BCUT2D eigenvalue weighted by molar-refractivity contribution is -0.161. The van der Waals surface area contributed by atoms with E-state index in [1.54, 1.807) is 0 Å². The van der Waals surface area contributed by atoms with Gasteiger partial charge < -0.3 is 33.8 Å². The van der Waals surface area contributed by atoms with Crippen LogP contribution in [0.1, 0.15) is 350 Å². The molecule has 0 amide bonds. The summed E-state index contributed by atoms with van der Waals surface area (Å²) in [5.41, 5.74) is 0. The van der Waals surface area contributed by atoms with Gasteiger partial charge in [0.2, 0.25) is 0 Å². The van der Waals surface area contributed by atoms with Crippen LogP contribution in [-0.2, 0) is 65.4 Å². The molecule has 0 aromatic heterocycles.